The molecular weight excluding hydrogens is 195 g/mol. The van der Waals surface area contributed by atoms with E-state index in [1.807, 2.05) is 6.07 Å². The van der Waals surface area contributed by atoms with Crippen molar-refractivity contribution in [3.63, 3.8) is 0 Å². The lowest BCUT2D eigenvalue weighted by atomic mass is 10.3. The molecule has 0 aliphatic carbocycles. The second-order valence-electron chi connectivity index (χ2n) is 2.33. The molecule has 0 amide bonds. The quantitative estimate of drug-likeness (QED) is 0.609. The molecular formula is C8H4Cl2N2. The lowest BCUT2D eigenvalue weighted by Crippen LogP contribution is -1.81. The fourth-order valence-electron chi connectivity index (χ4n) is 0.967. The molecule has 0 saturated carbocycles. The summed E-state index contributed by atoms with van der Waals surface area (Å²) in [4.78, 5) is 8.00. The average Bonchev–Trinajstić information content (AvgIpc) is 2.03. The Kier molecular flexibility index (Phi) is 1.87. The van der Waals surface area contributed by atoms with Crippen molar-refractivity contribution in [2.75, 3.05) is 0 Å². The van der Waals surface area contributed by atoms with E-state index >= 15 is 0 Å². The smallest absolute Gasteiger partial charge is 0.131 e. The molecule has 0 aromatic carbocycles. The minimum absolute atomic E-state index is 0.428. The summed E-state index contributed by atoms with van der Waals surface area (Å²) in [7, 11) is 0. The zero-order valence-corrected chi connectivity index (χ0v) is 7.47. The number of rotatable bonds is 0. The summed E-state index contributed by atoms with van der Waals surface area (Å²) in [5, 5.41) is 1.82. The van der Waals surface area contributed by atoms with Crippen LogP contribution in [0.3, 0.4) is 0 Å². The van der Waals surface area contributed by atoms with Gasteiger partial charge in [-0.15, -0.1) is 0 Å². The average molecular weight is 199 g/mol. The van der Waals surface area contributed by atoms with Crippen molar-refractivity contribution in [3.8, 4) is 0 Å². The first kappa shape index (κ1) is 7.77. The van der Waals surface area contributed by atoms with Gasteiger partial charge in [0.15, 0.2) is 0 Å². The summed E-state index contributed by atoms with van der Waals surface area (Å²) < 4.78 is 0. The van der Waals surface area contributed by atoms with Crippen LogP contribution in [0.4, 0.5) is 0 Å². The highest BCUT2D eigenvalue weighted by Crippen LogP contribution is 2.16. The first-order valence-corrected chi connectivity index (χ1v) is 4.09. The minimum atomic E-state index is 0.428. The molecule has 0 saturated heterocycles. The van der Waals surface area contributed by atoms with E-state index in [2.05, 4.69) is 9.97 Å². The zero-order chi connectivity index (χ0) is 8.55. The van der Waals surface area contributed by atoms with Gasteiger partial charge < -0.3 is 0 Å². The van der Waals surface area contributed by atoms with Crippen LogP contribution in [0.15, 0.2) is 24.4 Å². The molecule has 0 spiro atoms. The van der Waals surface area contributed by atoms with E-state index in [-0.39, 0.29) is 0 Å². The number of aromatic nitrogens is 2. The summed E-state index contributed by atoms with van der Waals surface area (Å²) in [6.45, 7) is 0. The van der Waals surface area contributed by atoms with Gasteiger partial charge >= 0.3 is 0 Å². The van der Waals surface area contributed by atoms with E-state index in [4.69, 9.17) is 23.2 Å². The summed E-state index contributed by atoms with van der Waals surface area (Å²) in [6, 6.07) is 5.26. The van der Waals surface area contributed by atoms with E-state index in [9.17, 15) is 0 Å². The second kappa shape index (κ2) is 2.88. The largest absolute Gasteiger partial charge is 0.244 e. The van der Waals surface area contributed by atoms with Crippen molar-refractivity contribution >= 4 is 34.1 Å². The fraction of sp³-hybridized carbons (Fsp3) is 0. The third-order valence-corrected chi connectivity index (χ3v) is 1.92. The third-order valence-electron chi connectivity index (χ3n) is 1.51. The molecule has 0 N–H and O–H groups in total. The van der Waals surface area contributed by atoms with Crippen LogP contribution in [0.1, 0.15) is 0 Å². The van der Waals surface area contributed by atoms with Gasteiger partial charge in [0.1, 0.15) is 10.3 Å². The van der Waals surface area contributed by atoms with Gasteiger partial charge in [-0.25, -0.2) is 9.97 Å². The Balaban J connectivity index is 2.80. The molecule has 2 nitrogen and oxygen atoms in total. The van der Waals surface area contributed by atoms with Gasteiger partial charge in [0.25, 0.3) is 0 Å². The van der Waals surface area contributed by atoms with Gasteiger partial charge in [-0.1, -0.05) is 23.2 Å². The molecule has 0 bridgehead atoms. The van der Waals surface area contributed by atoms with E-state index < -0.39 is 0 Å². The molecule has 60 valence electrons. The van der Waals surface area contributed by atoms with Crippen molar-refractivity contribution in [1.82, 2.24) is 9.97 Å². The molecule has 0 unspecified atom stereocenters. The van der Waals surface area contributed by atoms with Crippen LogP contribution in [-0.4, -0.2) is 9.97 Å². The van der Waals surface area contributed by atoms with Gasteiger partial charge in [0.2, 0.25) is 0 Å². The summed E-state index contributed by atoms with van der Waals surface area (Å²) in [5.74, 6) is 0. The predicted octanol–water partition coefficient (Wildman–Crippen LogP) is 2.94. The van der Waals surface area contributed by atoms with Gasteiger partial charge in [0.05, 0.1) is 5.52 Å². The molecule has 0 aliphatic rings. The predicted molar refractivity (Wildman–Crippen MR) is 49.6 cm³/mol. The highest BCUT2D eigenvalue weighted by atomic mass is 35.5. The lowest BCUT2D eigenvalue weighted by Gasteiger charge is -1.96. The maximum absolute atomic E-state index is 5.70. The molecule has 0 aliphatic heterocycles. The topological polar surface area (TPSA) is 25.8 Å². The minimum Gasteiger partial charge on any atom is -0.244 e. The normalized spacial score (nSPS) is 10.5. The van der Waals surface area contributed by atoms with E-state index in [0.717, 1.165) is 10.9 Å². The SMILES string of the molecule is Clc1cc2nc(Cl)ccc2cn1. The molecule has 2 aromatic heterocycles. The Hall–Kier alpha value is -0.860. The van der Waals surface area contributed by atoms with Crippen LogP contribution in [-0.2, 0) is 0 Å². The summed E-state index contributed by atoms with van der Waals surface area (Å²) in [6.07, 6.45) is 1.67. The molecule has 2 heterocycles. The number of hydrogen-bond acceptors (Lipinski definition) is 2. The number of pyridine rings is 2. The van der Waals surface area contributed by atoms with Gasteiger partial charge in [-0.2, -0.15) is 0 Å². The fourth-order valence-corrected chi connectivity index (χ4v) is 1.27. The van der Waals surface area contributed by atoms with Crippen LogP contribution in [0, 0.1) is 0 Å². The van der Waals surface area contributed by atoms with Crippen molar-refractivity contribution < 1.29 is 0 Å². The molecule has 2 aromatic rings. The van der Waals surface area contributed by atoms with Crippen LogP contribution in [0.25, 0.3) is 10.9 Å². The first-order valence-electron chi connectivity index (χ1n) is 3.33. The molecule has 0 fully saturated rings. The van der Waals surface area contributed by atoms with Crippen molar-refractivity contribution in [1.29, 1.82) is 0 Å². The number of halogens is 2. The lowest BCUT2D eigenvalue weighted by molar-refractivity contribution is 1.32. The van der Waals surface area contributed by atoms with Crippen LogP contribution in [0.2, 0.25) is 10.3 Å². The number of hydrogen-bond donors (Lipinski definition) is 0. The molecule has 12 heavy (non-hydrogen) atoms. The van der Waals surface area contributed by atoms with Gasteiger partial charge in [-0.3, -0.25) is 0 Å². The van der Waals surface area contributed by atoms with Crippen molar-refractivity contribution in [2.24, 2.45) is 0 Å². The van der Waals surface area contributed by atoms with Crippen LogP contribution in [0.5, 0.6) is 0 Å². The first-order chi connectivity index (χ1) is 5.75. The van der Waals surface area contributed by atoms with Crippen LogP contribution < -0.4 is 0 Å². The molecule has 2 rings (SSSR count). The van der Waals surface area contributed by atoms with Crippen molar-refractivity contribution in [3.05, 3.63) is 34.7 Å². The van der Waals surface area contributed by atoms with Crippen LogP contribution >= 0.6 is 23.2 Å². The van der Waals surface area contributed by atoms with E-state index in [1.54, 1.807) is 18.3 Å². The Morgan fingerprint density at radius 1 is 1.08 bits per heavy atom. The van der Waals surface area contributed by atoms with Gasteiger partial charge in [-0.05, 0) is 12.1 Å². The Bertz CT molecular complexity index is 392. The summed E-state index contributed by atoms with van der Waals surface area (Å²) in [5.41, 5.74) is 0.766. The molecule has 0 radical (unpaired) electrons. The van der Waals surface area contributed by atoms with Crippen molar-refractivity contribution in [2.45, 2.75) is 0 Å². The third kappa shape index (κ3) is 1.36. The highest BCUT2D eigenvalue weighted by molar-refractivity contribution is 6.30. The Morgan fingerprint density at radius 2 is 1.92 bits per heavy atom. The number of fused-ring (bicyclic) bond motifs is 1. The maximum Gasteiger partial charge on any atom is 0.131 e. The standard InChI is InChI=1S/C8H4Cl2N2/c9-7-2-1-5-4-11-8(10)3-6(5)12-7/h1-4H. The monoisotopic (exact) mass is 198 g/mol. The van der Waals surface area contributed by atoms with E-state index in [1.165, 1.54) is 0 Å². The van der Waals surface area contributed by atoms with E-state index in [0.29, 0.717) is 10.3 Å². The molecule has 0 atom stereocenters. The summed E-state index contributed by atoms with van der Waals surface area (Å²) >= 11 is 11.4. The molecule has 4 heteroatoms. The highest BCUT2D eigenvalue weighted by Gasteiger charge is 1.97. The van der Waals surface area contributed by atoms with Gasteiger partial charge in [0, 0.05) is 17.6 Å². The Morgan fingerprint density at radius 3 is 2.75 bits per heavy atom. The Labute approximate surface area is 79.2 Å². The zero-order valence-electron chi connectivity index (χ0n) is 5.96. The number of nitrogens with zero attached hydrogens (tertiary/aromatic N) is 2. The second-order valence-corrected chi connectivity index (χ2v) is 3.11. The maximum atomic E-state index is 5.70.